The number of imidazole rings is 1. The number of hydrogen-bond acceptors (Lipinski definition) is 3. The number of hydrogen-bond donors (Lipinski definition) is 1. The summed E-state index contributed by atoms with van der Waals surface area (Å²) in [4.78, 5) is 5.71. The molecule has 0 spiro atoms. The molecule has 1 aromatic heterocycles. The molecule has 0 amide bonds. The number of rotatable bonds is 6. The molecule has 1 aromatic carbocycles. The van der Waals surface area contributed by atoms with Crippen molar-refractivity contribution in [1.82, 2.24) is 14.9 Å². The van der Waals surface area contributed by atoms with Crippen LogP contribution in [0.4, 0.5) is 0 Å². The van der Waals surface area contributed by atoms with Gasteiger partial charge in [0.1, 0.15) is 5.82 Å². The second-order valence-electron chi connectivity index (χ2n) is 4.25. The summed E-state index contributed by atoms with van der Waals surface area (Å²) in [5.74, 6) is 2.04. The maximum atomic E-state index is 4.44. The van der Waals surface area contributed by atoms with Gasteiger partial charge in [0.05, 0.1) is 6.04 Å². The van der Waals surface area contributed by atoms with E-state index in [1.165, 1.54) is 4.90 Å². The summed E-state index contributed by atoms with van der Waals surface area (Å²) in [5.41, 5.74) is 0. The summed E-state index contributed by atoms with van der Waals surface area (Å²) < 4.78 is 3.23. The van der Waals surface area contributed by atoms with Crippen molar-refractivity contribution < 1.29 is 0 Å². The summed E-state index contributed by atoms with van der Waals surface area (Å²) in [5, 5.41) is 3.50. The summed E-state index contributed by atoms with van der Waals surface area (Å²) in [6, 6.07) is 8.58. The van der Waals surface area contributed by atoms with E-state index in [2.05, 4.69) is 55.9 Å². The lowest BCUT2D eigenvalue weighted by Gasteiger charge is -2.17. The van der Waals surface area contributed by atoms with E-state index < -0.39 is 0 Å². The Bertz CT molecular complexity index is 527. The fourth-order valence-corrected chi connectivity index (χ4v) is 3.54. The van der Waals surface area contributed by atoms with Crippen molar-refractivity contribution in [2.45, 2.75) is 17.9 Å². The molecule has 1 heterocycles. The van der Waals surface area contributed by atoms with Crippen LogP contribution < -0.4 is 5.32 Å². The Morgan fingerprint density at radius 2 is 2.21 bits per heavy atom. The zero-order valence-electron chi connectivity index (χ0n) is 11.1. The number of aryl methyl sites for hydroxylation is 1. The minimum Gasteiger partial charge on any atom is -0.337 e. The third kappa shape index (κ3) is 3.84. The highest BCUT2D eigenvalue weighted by molar-refractivity contribution is 9.10. The first-order valence-corrected chi connectivity index (χ1v) is 8.08. The van der Waals surface area contributed by atoms with Crippen molar-refractivity contribution in [3.05, 3.63) is 47.0 Å². The van der Waals surface area contributed by atoms with Crippen LogP contribution in [0.2, 0.25) is 0 Å². The summed E-state index contributed by atoms with van der Waals surface area (Å²) in [6.07, 6.45) is 3.84. The summed E-state index contributed by atoms with van der Waals surface area (Å²) in [7, 11) is 2.04. The van der Waals surface area contributed by atoms with Gasteiger partial charge in [0.2, 0.25) is 0 Å². The molecule has 1 unspecified atom stereocenters. The third-order valence-electron chi connectivity index (χ3n) is 2.86. The van der Waals surface area contributed by atoms with Crippen molar-refractivity contribution in [3.63, 3.8) is 0 Å². The van der Waals surface area contributed by atoms with Gasteiger partial charge in [0.25, 0.3) is 0 Å². The molecule has 0 fully saturated rings. The highest BCUT2D eigenvalue weighted by atomic mass is 79.9. The Balaban J connectivity index is 2.06. The topological polar surface area (TPSA) is 29.9 Å². The van der Waals surface area contributed by atoms with E-state index in [9.17, 15) is 0 Å². The van der Waals surface area contributed by atoms with Gasteiger partial charge in [-0.1, -0.05) is 19.1 Å². The molecule has 19 heavy (non-hydrogen) atoms. The Morgan fingerprint density at radius 1 is 1.42 bits per heavy atom. The Labute approximate surface area is 126 Å². The number of nitrogens with zero attached hydrogens (tertiary/aromatic N) is 2. The zero-order chi connectivity index (χ0) is 13.7. The van der Waals surface area contributed by atoms with E-state index in [4.69, 9.17) is 0 Å². The monoisotopic (exact) mass is 339 g/mol. The molecule has 1 atom stereocenters. The van der Waals surface area contributed by atoms with Crippen LogP contribution in [0, 0.1) is 0 Å². The smallest absolute Gasteiger partial charge is 0.126 e. The van der Waals surface area contributed by atoms with Crippen LogP contribution in [0.1, 0.15) is 18.8 Å². The van der Waals surface area contributed by atoms with Crippen LogP contribution in [0.3, 0.4) is 0 Å². The maximum absolute atomic E-state index is 4.44. The molecule has 0 saturated carbocycles. The normalized spacial score (nSPS) is 12.6. The first kappa shape index (κ1) is 14.6. The third-order valence-corrected chi connectivity index (χ3v) is 4.98. The number of aromatic nitrogens is 2. The van der Waals surface area contributed by atoms with Crippen molar-refractivity contribution >= 4 is 27.7 Å². The van der Waals surface area contributed by atoms with Gasteiger partial charge >= 0.3 is 0 Å². The first-order valence-electron chi connectivity index (χ1n) is 6.30. The molecule has 1 N–H and O–H groups in total. The van der Waals surface area contributed by atoms with Crippen molar-refractivity contribution in [2.24, 2.45) is 7.05 Å². The van der Waals surface area contributed by atoms with Crippen LogP contribution in [0.25, 0.3) is 0 Å². The maximum Gasteiger partial charge on any atom is 0.126 e. The van der Waals surface area contributed by atoms with Crippen molar-refractivity contribution in [2.75, 3.05) is 12.3 Å². The fraction of sp³-hybridized carbons (Fsp3) is 0.357. The highest BCUT2D eigenvalue weighted by Crippen LogP contribution is 2.29. The zero-order valence-corrected chi connectivity index (χ0v) is 13.5. The number of halogens is 1. The predicted molar refractivity (Wildman–Crippen MR) is 84.5 cm³/mol. The lowest BCUT2D eigenvalue weighted by molar-refractivity contribution is 0.555. The molecule has 2 rings (SSSR count). The molecule has 0 aliphatic carbocycles. The minimum atomic E-state index is 0.266. The van der Waals surface area contributed by atoms with E-state index in [0.29, 0.717) is 0 Å². The van der Waals surface area contributed by atoms with Crippen LogP contribution in [0.15, 0.2) is 46.0 Å². The molecule has 0 aliphatic rings. The molecule has 5 heteroatoms. The molecule has 0 bridgehead atoms. The summed E-state index contributed by atoms with van der Waals surface area (Å²) >= 11 is 5.43. The second-order valence-corrected chi connectivity index (χ2v) is 6.16. The Hall–Kier alpha value is -0.780. The lowest BCUT2D eigenvalue weighted by Crippen LogP contribution is -2.25. The van der Waals surface area contributed by atoms with Gasteiger partial charge in [-0.05, 0) is 34.6 Å². The standard InChI is InChI=1S/C14H18BrN3S/c1-3-16-12(14-17-8-9-18(14)2)10-19-13-7-5-4-6-11(13)15/h4-9,12,16H,3,10H2,1-2H3. The molecule has 0 saturated heterocycles. The van der Waals surface area contributed by atoms with Crippen LogP contribution in [-0.2, 0) is 7.05 Å². The Kier molecular flexibility index (Phi) is 5.48. The molecule has 3 nitrogen and oxygen atoms in total. The summed E-state index contributed by atoms with van der Waals surface area (Å²) in [6.45, 7) is 3.06. The number of benzene rings is 1. The molecule has 102 valence electrons. The average Bonchev–Trinajstić information content (AvgIpc) is 2.82. The lowest BCUT2D eigenvalue weighted by atomic mass is 10.3. The van der Waals surface area contributed by atoms with Crippen molar-refractivity contribution in [3.8, 4) is 0 Å². The molecule has 0 radical (unpaired) electrons. The van der Waals surface area contributed by atoms with E-state index >= 15 is 0 Å². The molecule has 0 aliphatic heterocycles. The number of thioether (sulfide) groups is 1. The van der Waals surface area contributed by atoms with E-state index in [1.807, 2.05) is 37.3 Å². The van der Waals surface area contributed by atoms with Gasteiger partial charge in [-0.3, -0.25) is 0 Å². The van der Waals surface area contributed by atoms with Crippen LogP contribution in [0.5, 0.6) is 0 Å². The predicted octanol–water partition coefficient (Wildman–Crippen LogP) is 3.63. The quantitative estimate of drug-likeness (QED) is 0.815. The van der Waals surface area contributed by atoms with E-state index in [-0.39, 0.29) is 6.04 Å². The van der Waals surface area contributed by atoms with Crippen molar-refractivity contribution in [1.29, 1.82) is 0 Å². The van der Waals surface area contributed by atoms with Gasteiger partial charge in [0, 0.05) is 34.6 Å². The largest absolute Gasteiger partial charge is 0.337 e. The Morgan fingerprint density at radius 3 is 2.84 bits per heavy atom. The minimum absolute atomic E-state index is 0.266. The molecule has 2 aromatic rings. The van der Waals surface area contributed by atoms with Gasteiger partial charge in [-0.25, -0.2) is 4.98 Å². The highest BCUT2D eigenvalue weighted by Gasteiger charge is 2.15. The van der Waals surface area contributed by atoms with Crippen LogP contribution >= 0.6 is 27.7 Å². The van der Waals surface area contributed by atoms with Gasteiger partial charge in [-0.15, -0.1) is 11.8 Å². The second kappa shape index (κ2) is 7.12. The number of nitrogens with one attached hydrogen (secondary N) is 1. The average molecular weight is 340 g/mol. The molecular formula is C14H18BrN3S. The van der Waals surface area contributed by atoms with Crippen LogP contribution in [-0.4, -0.2) is 21.8 Å². The van der Waals surface area contributed by atoms with Gasteiger partial charge in [0.15, 0.2) is 0 Å². The van der Waals surface area contributed by atoms with E-state index in [0.717, 1.165) is 22.6 Å². The van der Waals surface area contributed by atoms with E-state index in [1.54, 1.807) is 0 Å². The molecular weight excluding hydrogens is 322 g/mol. The SMILES string of the molecule is CCNC(CSc1ccccc1Br)c1nccn1C. The van der Waals surface area contributed by atoms with Gasteiger partial charge < -0.3 is 9.88 Å². The first-order chi connectivity index (χ1) is 9.22. The fourth-order valence-electron chi connectivity index (χ4n) is 1.92. The van der Waals surface area contributed by atoms with Gasteiger partial charge in [-0.2, -0.15) is 0 Å².